The van der Waals surface area contributed by atoms with Crippen molar-refractivity contribution in [3.8, 4) is 0 Å². The Balaban J connectivity index is 1.72. The third-order valence-corrected chi connectivity index (χ3v) is 5.47. The molecular weight excluding hydrogens is 232 g/mol. The van der Waals surface area contributed by atoms with Gasteiger partial charge in [-0.1, -0.05) is 12.8 Å². The van der Waals surface area contributed by atoms with Gasteiger partial charge in [-0.2, -0.15) is 11.8 Å². The van der Waals surface area contributed by atoms with E-state index < -0.39 is 0 Å². The van der Waals surface area contributed by atoms with Gasteiger partial charge in [0.25, 0.3) is 0 Å². The summed E-state index contributed by atoms with van der Waals surface area (Å²) in [5, 5.41) is 3.79. The summed E-state index contributed by atoms with van der Waals surface area (Å²) in [6.45, 7) is 1.52. The second kappa shape index (κ2) is 6.64. The summed E-state index contributed by atoms with van der Waals surface area (Å²) >= 11 is 2.01. The van der Waals surface area contributed by atoms with Gasteiger partial charge in [-0.05, 0) is 43.9 Å². The van der Waals surface area contributed by atoms with Gasteiger partial charge in [0, 0.05) is 17.7 Å². The Hall–Kier alpha value is -0.220. The van der Waals surface area contributed by atoms with E-state index in [1.54, 1.807) is 0 Å². The van der Waals surface area contributed by atoms with Gasteiger partial charge in [0.15, 0.2) is 0 Å². The first-order valence-electron chi connectivity index (χ1n) is 6.90. The average molecular weight is 256 g/mol. The van der Waals surface area contributed by atoms with Crippen molar-refractivity contribution < 1.29 is 4.79 Å². The molecule has 1 saturated carbocycles. The van der Waals surface area contributed by atoms with Crippen LogP contribution >= 0.6 is 11.8 Å². The molecule has 0 spiro atoms. The predicted octanol–water partition coefficient (Wildman–Crippen LogP) is 1.76. The Morgan fingerprint density at radius 3 is 2.82 bits per heavy atom. The normalized spacial score (nSPS) is 33.6. The van der Waals surface area contributed by atoms with Crippen LogP contribution in [0.1, 0.15) is 38.5 Å². The molecule has 0 aromatic rings. The Morgan fingerprint density at radius 1 is 1.24 bits per heavy atom. The van der Waals surface area contributed by atoms with Crippen molar-refractivity contribution in [2.45, 2.75) is 43.8 Å². The molecule has 17 heavy (non-hydrogen) atoms. The van der Waals surface area contributed by atoms with Gasteiger partial charge in [-0.3, -0.25) is 4.79 Å². The fraction of sp³-hybridized carbons (Fsp3) is 0.923. The van der Waals surface area contributed by atoms with Crippen LogP contribution in [0.2, 0.25) is 0 Å². The quantitative estimate of drug-likeness (QED) is 0.806. The van der Waals surface area contributed by atoms with Crippen molar-refractivity contribution in [1.29, 1.82) is 0 Å². The van der Waals surface area contributed by atoms with E-state index in [1.165, 1.54) is 25.0 Å². The highest BCUT2D eigenvalue weighted by Crippen LogP contribution is 2.31. The fourth-order valence-electron chi connectivity index (χ4n) is 2.98. The number of rotatable bonds is 4. The Labute approximate surface area is 108 Å². The maximum atomic E-state index is 12.1. The van der Waals surface area contributed by atoms with E-state index >= 15 is 0 Å². The van der Waals surface area contributed by atoms with Crippen molar-refractivity contribution in [2.24, 2.45) is 17.6 Å². The number of hydrogen-bond donors (Lipinski definition) is 2. The van der Waals surface area contributed by atoms with E-state index in [4.69, 9.17) is 5.73 Å². The van der Waals surface area contributed by atoms with E-state index in [-0.39, 0.29) is 11.8 Å². The van der Waals surface area contributed by atoms with Crippen molar-refractivity contribution >= 4 is 17.7 Å². The topological polar surface area (TPSA) is 55.1 Å². The number of carbonyl (C=O) groups excluding carboxylic acids is 1. The number of hydrogen-bond acceptors (Lipinski definition) is 3. The minimum Gasteiger partial charge on any atom is -0.355 e. The van der Waals surface area contributed by atoms with Crippen molar-refractivity contribution in [3.05, 3.63) is 0 Å². The molecule has 98 valence electrons. The molecule has 1 heterocycles. The van der Waals surface area contributed by atoms with Gasteiger partial charge in [0.2, 0.25) is 5.91 Å². The van der Waals surface area contributed by atoms with Crippen LogP contribution in [-0.4, -0.2) is 30.0 Å². The molecular formula is C13H24N2OS. The van der Waals surface area contributed by atoms with Crippen LogP contribution in [0.4, 0.5) is 0 Å². The molecule has 3 atom stereocenters. The molecule has 1 aliphatic heterocycles. The summed E-state index contributed by atoms with van der Waals surface area (Å²) in [5.41, 5.74) is 5.72. The molecule has 0 bridgehead atoms. The zero-order chi connectivity index (χ0) is 12.1. The van der Waals surface area contributed by atoms with E-state index in [2.05, 4.69) is 5.32 Å². The standard InChI is InChI=1S/C13H24N2OS/c14-8-10-4-3-6-12(10)13(16)15-9-11-5-1-2-7-17-11/h10-12H,1-9,14H2,(H,15,16). The molecule has 2 aliphatic rings. The molecule has 1 saturated heterocycles. The molecule has 2 rings (SSSR count). The second-order valence-corrected chi connectivity index (χ2v) is 6.68. The Bertz CT molecular complexity index is 254. The van der Waals surface area contributed by atoms with E-state index in [9.17, 15) is 4.79 Å². The first-order chi connectivity index (χ1) is 8.31. The summed E-state index contributed by atoms with van der Waals surface area (Å²) in [5.74, 6) is 2.13. The second-order valence-electron chi connectivity index (χ2n) is 5.27. The minimum absolute atomic E-state index is 0.189. The molecule has 1 amide bonds. The van der Waals surface area contributed by atoms with E-state index in [0.29, 0.717) is 17.7 Å². The summed E-state index contributed by atoms with van der Waals surface area (Å²) in [4.78, 5) is 12.1. The lowest BCUT2D eigenvalue weighted by Gasteiger charge is -2.23. The summed E-state index contributed by atoms with van der Waals surface area (Å²) in [6, 6.07) is 0. The third kappa shape index (κ3) is 3.62. The molecule has 0 radical (unpaired) electrons. The largest absolute Gasteiger partial charge is 0.355 e. The molecule has 0 aromatic carbocycles. The Kier molecular flexibility index (Phi) is 5.16. The zero-order valence-electron chi connectivity index (χ0n) is 10.5. The van der Waals surface area contributed by atoms with Crippen LogP contribution in [0, 0.1) is 11.8 Å². The molecule has 1 aliphatic carbocycles. The van der Waals surface area contributed by atoms with Gasteiger partial charge < -0.3 is 11.1 Å². The molecule has 4 heteroatoms. The van der Waals surface area contributed by atoms with Crippen LogP contribution in [0.3, 0.4) is 0 Å². The van der Waals surface area contributed by atoms with Crippen LogP contribution in [0.5, 0.6) is 0 Å². The summed E-state index contributed by atoms with van der Waals surface area (Å²) in [7, 11) is 0. The molecule has 3 nitrogen and oxygen atoms in total. The minimum atomic E-state index is 0.189. The molecule has 2 fully saturated rings. The van der Waals surface area contributed by atoms with Crippen molar-refractivity contribution in [3.63, 3.8) is 0 Å². The van der Waals surface area contributed by atoms with Crippen LogP contribution in [-0.2, 0) is 4.79 Å². The zero-order valence-corrected chi connectivity index (χ0v) is 11.3. The molecule has 3 N–H and O–H groups in total. The maximum Gasteiger partial charge on any atom is 0.223 e. The number of nitrogens with two attached hydrogens (primary N) is 1. The molecule has 0 aromatic heterocycles. The first-order valence-corrected chi connectivity index (χ1v) is 7.95. The lowest BCUT2D eigenvalue weighted by molar-refractivity contribution is -0.125. The van der Waals surface area contributed by atoms with E-state index in [1.807, 2.05) is 11.8 Å². The number of amides is 1. The lowest BCUT2D eigenvalue weighted by Crippen LogP contribution is -2.38. The van der Waals surface area contributed by atoms with Crippen molar-refractivity contribution in [1.82, 2.24) is 5.32 Å². The summed E-state index contributed by atoms with van der Waals surface area (Å²) in [6.07, 6.45) is 7.25. The van der Waals surface area contributed by atoms with Crippen LogP contribution in [0.15, 0.2) is 0 Å². The number of nitrogens with one attached hydrogen (secondary N) is 1. The lowest BCUT2D eigenvalue weighted by atomic mass is 9.95. The summed E-state index contributed by atoms with van der Waals surface area (Å²) < 4.78 is 0. The van der Waals surface area contributed by atoms with Gasteiger partial charge in [0.1, 0.15) is 0 Å². The first kappa shape index (κ1) is 13.2. The maximum absolute atomic E-state index is 12.1. The monoisotopic (exact) mass is 256 g/mol. The number of thioether (sulfide) groups is 1. The van der Waals surface area contributed by atoms with Crippen LogP contribution < -0.4 is 11.1 Å². The van der Waals surface area contributed by atoms with Gasteiger partial charge in [-0.15, -0.1) is 0 Å². The number of carbonyl (C=O) groups is 1. The fourth-order valence-corrected chi connectivity index (χ4v) is 4.22. The third-order valence-electron chi connectivity index (χ3n) is 4.08. The van der Waals surface area contributed by atoms with Gasteiger partial charge in [-0.25, -0.2) is 0 Å². The SMILES string of the molecule is NCC1CCCC1C(=O)NCC1CCCCS1. The Morgan fingerprint density at radius 2 is 2.12 bits per heavy atom. The van der Waals surface area contributed by atoms with Gasteiger partial charge in [0.05, 0.1) is 0 Å². The molecule has 3 unspecified atom stereocenters. The highest BCUT2D eigenvalue weighted by molar-refractivity contribution is 7.99. The van der Waals surface area contributed by atoms with Crippen LogP contribution in [0.25, 0.3) is 0 Å². The smallest absolute Gasteiger partial charge is 0.223 e. The predicted molar refractivity (Wildman–Crippen MR) is 73.0 cm³/mol. The highest BCUT2D eigenvalue weighted by atomic mass is 32.2. The van der Waals surface area contributed by atoms with E-state index in [0.717, 1.165) is 25.8 Å². The van der Waals surface area contributed by atoms with Gasteiger partial charge >= 0.3 is 0 Å². The highest BCUT2D eigenvalue weighted by Gasteiger charge is 2.32. The van der Waals surface area contributed by atoms with Crippen molar-refractivity contribution in [2.75, 3.05) is 18.8 Å². The average Bonchev–Trinajstić information content (AvgIpc) is 2.85.